The van der Waals surface area contributed by atoms with E-state index in [-0.39, 0.29) is 11.1 Å². The molecule has 0 saturated heterocycles. The van der Waals surface area contributed by atoms with Crippen molar-refractivity contribution in [3.8, 4) is 0 Å². The molecule has 35 heavy (non-hydrogen) atoms. The first-order valence-electron chi connectivity index (χ1n) is 12.6. The van der Waals surface area contributed by atoms with Crippen LogP contribution in [0.3, 0.4) is 0 Å². The molecule has 0 aliphatic heterocycles. The average molecular weight is 489 g/mol. The van der Waals surface area contributed by atoms with Crippen LogP contribution in [0.1, 0.15) is 45.6 Å². The van der Waals surface area contributed by atoms with Crippen LogP contribution in [0, 0.1) is 0 Å². The van der Waals surface area contributed by atoms with Crippen molar-refractivity contribution in [3.63, 3.8) is 0 Å². The molecule has 3 rings (SSSR count). The standard InChI is InChI=1S/C31H40O3Si/c1-5-15-27(32)22-23-28(33-24-26-16-9-6-10-17-26)25-34-35(31(2,3)4,29-18-11-7-12-19-29)30-20-13-8-14-21-30/h5-14,16-21,27-28,32H,1,15,22-25H2,2-4H3/t27-,28-/m0/s1. The molecule has 0 aromatic heterocycles. The van der Waals surface area contributed by atoms with Gasteiger partial charge in [-0.15, -0.1) is 6.58 Å². The lowest BCUT2D eigenvalue weighted by molar-refractivity contribution is -0.00576. The van der Waals surface area contributed by atoms with E-state index in [0.717, 1.165) is 12.0 Å². The smallest absolute Gasteiger partial charge is 0.261 e. The molecule has 0 saturated carbocycles. The van der Waals surface area contributed by atoms with Crippen molar-refractivity contribution in [2.45, 2.75) is 63.9 Å². The lowest BCUT2D eigenvalue weighted by Gasteiger charge is -2.43. The Morgan fingerprint density at radius 2 is 1.34 bits per heavy atom. The predicted octanol–water partition coefficient (Wildman–Crippen LogP) is 5.87. The maximum absolute atomic E-state index is 10.3. The quantitative estimate of drug-likeness (QED) is 0.242. The van der Waals surface area contributed by atoms with Crippen LogP contribution >= 0.6 is 0 Å². The zero-order chi connectivity index (χ0) is 25.2. The van der Waals surface area contributed by atoms with Crippen molar-refractivity contribution >= 4 is 18.7 Å². The summed E-state index contributed by atoms with van der Waals surface area (Å²) in [6.45, 7) is 11.6. The summed E-state index contributed by atoms with van der Waals surface area (Å²) in [5, 5.41) is 12.8. The summed E-state index contributed by atoms with van der Waals surface area (Å²) < 4.78 is 13.5. The molecular formula is C31H40O3Si. The van der Waals surface area contributed by atoms with Gasteiger partial charge in [0.1, 0.15) is 0 Å². The SMILES string of the molecule is C=CC[C@H](O)CC[C@@H](CO[Si](c1ccccc1)(c1ccccc1)C(C)(C)C)OCc1ccccc1. The minimum atomic E-state index is -2.65. The highest BCUT2D eigenvalue weighted by Gasteiger charge is 2.50. The van der Waals surface area contributed by atoms with Gasteiger partial charge >= 0.3 is 0 Å². The Hall–Kier alpha value is -2.50. The summed E-state index contributed by atoms with van der Waals surface area (Å²) in [6, 6.07) is 31.6. The first-order valence-corrected chi connectivity index (χ1v) is 14.5. The fraction of sp³-hybridized carbons (Fsp3) is 0.355. The normalized spacial score (nSPS) is 13.8. The molecule has 0 aliphatic carbocycles. The van der Waals surface area contributed by atoms with Crippen LogP contribution in [0.25, 0.3) is 0 Å². The highest BCUT2D eigenvalue weighted by molar-refractivity contribution is 6.99. The van der Waals surface area contributed by atoms with E-state index in [0.29, 0.717) is 26.1 Å². The van der Waals surface area contributed by atoms with Crippen LogP contribution in [-0.2, 0) is 15.8 Å². The number of rotatable bonds is 13. The molecule has 0 radical (unpaired) electrons. The zero-order valence-corrected chi connectivity index (χ0v) is 22.4. The summed E-state index contributed by atoms with van der Waals surface area (Å²) in [5.74, 6) is 0. The Morgan fingerprint density at radius 3 is 1.83 bits per heavy atom. The van der Waals surface area contributed by atoms with Crippen molar-refractivity contribution in [2.75, 3.05) is 6.61 Å². The van der Waals surface area contributed by atoms with E-state index in [4.69, 9.17) is 9.16 Å². The molecule has 3 aromatic rings. The fourth-order valence-electron chi connectivity index (χ4n) is 4.67. The summed E-state index contributed by atoms with van der Waals surface area (Å²) in [7, 11) is -2.65. The summed E-state index contributed by atoms with van der Waals surface area (Å²) in [4.78, 5) is 0. The Labute approximate surface area is 212 Å². The number of hydrogen-bond donors (Lipinski definition) is 1. The minimum absolute atomic E-state index is 0.0952. The molecule has 0 spiro atoms. The van der Waals surface area contributed by atoms with Gasteiger partial charge in [0.2, 0.25) is 0 Å². The van der Waals surface area contributed by atoms with E-state index in [1.54, 1.807) is 6.08 Å². The maximum atomic E-state index is 10.3. The first-order chi connectivity index (χ1) is 16.9. The van der Waals surface area contributed by atoms with Crippen LogP contribution in [0.4, 0.5) is 0 Å². The summed E-state index contributed by atoms with van der Waals surface area (Å²) in [6.07, 6.45) is 3.18. The third-order valence-corrected chi connectivity index (χ3v) is 11.5. The molecule has 1 N–H and O–H groups in total. The van der Waals surface area contributed by atoms with E-state index in [2.05, 4.69) is 100 Å². The highest BCUT2D eigenvalue weighted by Crippen LogP contribution is 2.37. The van der Waals surface area contributed by atoms with Crippen molar-refractivity contribution in [1.82, 2.24) is 0 Å². The summed E-state index contributed by atoms with van der Waals surface area (Å²) >= 11 is 0. The van der Waals surface area contributed by atoms with E-state index in [1.165, 1.54) is 10.4 Å². The highest BCUT2D eigenvalue weighted by atomic mass is 28.4. The van der Waals surface area contributed by atoms with Gasteiger partial charge in [-0.3, -0.25) is 0 Å². The second-order valence-electron chi connectivity index (χ2n) is 10.1. The van der Waals surface area contributed by atoms with Gasteiger partial charge in [0, 0.05) is 0 Å². The van der Waals surface area contributed by atoms with Gasteiger partial charge in [0.05, 0.1) is 25.4 Å². The maximum Gasteiger partial charge on any atom is 0.261 e. The molecule has 2 atom stereocenters. The van der Waals surface area contributed by atoms with Crippen LogP contribution in [-0.4, -0.2) is 32.2 Å². The zero-order valence-electron chi connectivity index (χ0n) is 21.4. The minimum Gasteiger partial charge on any atom is -0.405 e. The van der Waals surface area contributed by atoms with Gasteiger partial charge in [0.15, 0.2) is 0 Å². The monoisotopic (exact) mass is 488 g/mol. The molecule has 0 amide bonds. The van der Waals surface area contributed by atoms with Gasteiger partial charge in [-0.2, -0.15) is 0 Å². The Kier molecular flexibility index (Phi) is 10.1. The van der Waals surface area contributed by atoms with E-state index >= 15 is 0 Å². The predicted molar refractivity (Wildman–Crippen MR) is 149 cm³/mol. The van der Waals surface area contributed by atoms with Gasteiger partial charge in [0.25, 0.3) is 8.32 Å². The average Bonchev–Trinajstić information content (AvgIpc) is 2.87. The number of hydrogen-bond acceptors (Lipinski definition) is 3. The largest absolute Gasteiger partial charge is 0.405 e. The molecule has 4 heteroatoms. The molecule has 0 unspecified atom stereocenters. The number of benzene rings is 3. The molecule has 0 fully saturated rings. The summed E-state index contributed by atoms with van der Waals surface area (Å²) in [5.41, 5.74) is 1.13. The van der Waals surface area contributed by atoms with Crippen molar-refractivity contribution in [1.29, 1.82) is 0 Å². The molecule has 3 aromatic carbocycles. The molecule has 3 nitrogen and oxygen atoms in total. The lowest BCUT2D eigenvalue weighted by Crippen LogP contribution is -2.67. The molecule has 0 bridgehead atoms. The topological polar surface area (TPSA) is 38.7 Å². The van der Waals surface area contributed by atoms with Crippen LogP contribution < -0.4 is 10.4 Å². The first kappa shape index (κ1) is 27.1. The van der Waals surface area contributed by atoms with Gasteiger partial charge in [-0.25, -0.2) is 0 Å². The number of ether oxygens (including phenoxy) is 1. The second kappa shape index (κ2) is 13.0. The van der Waals surface area contributed by atoms with Crippen molar-refractivity contribution in [3.05, 3.63) is 109 Å². The Bertz CT molecular complexity index is 960. The molecule has 186 valence electrons. The van der Waals surface area contributed by atoms with Crippen molar-refractivity contribution in [2.24, 2.45) is 0 Å². The van der Waals surface area contributed by atoms with Crippen LogP contribution in [0.2, 0.25) is 5.04 Å². The van der Waals surface area contributed by atoms with E-state index in [1.807, 2.05) is 18.2 Å². The number of aliphatic hydroxyl groups is 1. The van der Waals surface area contributed by atoms with Gasteiger partial charge in [-0.05, 0) is 40.2 Å². The van der Waals surface area contributed by atoms with E-state index in [9.17, 15) is 5.11 Å². The van der Waals surface area contributed by atoms with E-state index < -0.39 is 14.4 Å². The van der Waals surface area contributed by atoms with Crippen LogP contribution in [0.5, 0.6) is 0 Å². The Morgan fingerprint density at radius 1 is 0.829 bits per heavy atom. The second-order valence-corrected chi connectivity index (χ2v) is 14.5. The third kappa shape index (κ3) is 7.25. The Balaban J connectivity index is 1.89. The fourth-order valence-corrected chi connectivity index (χ4v) is 9.26. The number of aliphatic hydroxyl groups excluding tert-OH is 1. The van der Waals surface area contributed by atoms with Crippen LogP contribution in [0.15, 0.2) is 104 Å². The molecule has 0 heterocycles. The third-order valence-electron chi connectivity index (χ3n) is 6.49. The molecular weight excluding hydrogens is 448 g/mol. The molecule has 0 aliphatic rings. The lowest BCUT2D eigenvalue weighted by atomic mass is 10.1. The van der Waals surface area contributed by atoms with Crippen molar-refractivity contribution < 1.29 is 14.3 Å². The van der Waals surface area contributed by atoms with Gasteiger partial charge in [-0.1, -0.05) is 118 Å². The van der Waals surface area contributed by atoms with Gasteiger partial charge < -0.3 is 14.3 Å².